The van der Waals surface area contributed by atoms with Gasteiger partial charge in [0.2, 0.25) is 0 Å². The Morgan fingerprint density at radius 3 is 1.02 bits per heavy atom. The van der Waals surface area contributed by atoms with Gasteiger partial charge in [0.05, 0.1) is 32.5 Å². The zero-order valence-electron chi connectivity index (χ0n) is 75.3. The van der Waals surface area contributed by atoms with Crippen molar-refractivity contribution in [1.82, 2.24) is 19.6 Å². The first kappa shape index (κ1) is 91.7. The molecule has 0 spiro atoms. The Morgan fingerprint density at radius 2 is 0.677 bits per heavy atom. The number of rotatable bonds is 26. The number of hydrogen-bond acceptors (Lipinski definition) is 11. The molecule has 6 heterocycles. The topological polar surface area (TPSA) is 94.2 Å². The summed E-state index contributed by atoms with van der Waals surface area (Å²) in [5.74, 6) is 6.77. The van der Waals surface area contributed by atoms with Gasteiger partial charge in [-0.05, 0) is 300 Å². The summed E-state index contributed by atoms with van der Waals surface area (Å²) in [5, 5.41) is 21.4. The van der Waals surface area contributed by atoms with Crippen LogP contribution in [0.15, 0.2) is 207 Å². The number of β-amino-alcohol motifs (C(OH)–C–C–N with tert-alkyl or cyclic N) is 1. The minimum atomic E-state index is -0.355. The van der Waals surface area contributed by atoms with E-state index in [4.69, 9.17) is 65.4 Å². The number of fused-ring (bicyclic) bond motifs is 2. The maximum absolute atomic E-state index is 11.3. The summed E-state index contributed by atoms with van der Waals surface area (Å²) in [6.07, 6.45) is 28.7. The van der Waals surface area contributed by atoms with E-state index in [9.17, 15) is 5.11 Å². The van der Waals surface area contributed by atoms with Crippen LogP contribution in [0.4, 0.5) is 11.4 Å². The number of nitrogens with zero attached hydrogens (tertiary/aromatic N) is 4. The second kappa shape index (κ2) is 42.1. The van der Waals surface area contributed by atoms with Crippen molar-refractivity contribution in [3.63, 3.8) is 0 Å². The van der Waals surface area contributed by atoms with Gasteiger partial charge in [-0.2, -0.15) is 0 Å². The van der Waals surface area contributed by atoms with E-state index in [0.717, 1.165) is 190 Å². The van der Waals surface area contributed by atoms with Crippen molar-refractivity contribution in [2.75, 3.05) is 89.4 Å². The molecule has 0 aromatic heterocycles. The van der Waals surface area contributed by atoms with Crippen LogP contribution < -0.4 is 29.6 Å². The van der Waals surface area contributed by atoms with E-state index in [0.29, 0.717) is 70.0 Å². The zero-order chi connectivity index (χ0) is 86.5. The average molecular weight is 1760 g/mol. The molecule has 4 aliphatic carbocycles. The number of likely N-dealkylation sites (tertiary alicyclic amines) is 4. The smallest absolute Gasteiger partial charge is 0.121 e. The van der Waals surface area contributed by atoms with Crippen LogP contribution in [0.2, 0.25) is 20.1 Å². The molecule has 8 aromatic carbocycles. The molecule has 6 aliphatic heterocycles. The number of allylic oxidation sites excluding steroid dienone is 2. The summed E-state index contributed by atoms with van der Waals surface area (Å²) in [6.45, 7) is 36.0. The number of anilines is 2. The fourth-order valence-electron chi connectivity index (χ4n) is 21.9. The molecule has 15 heteroatoms. The summed E-state index contributed by atoms with van der Waals surface area (Å²) in [7, 11) is 0. The number of ether oxygens (including phenoxy) is 4. The number of aliphatic hydroxyl groups is 1. The quantitative estimate of drug-likeness (QED) is 0.0484. The minimum absolute atomic E-state index is 0.115. The van der Waals surface area contributed by atoms with Crippen molar-refractivity contribution in [3.05, 3.63) is 271 Å². The van der Waals surface area contributed by atoms with Gasteiger partial charge in [-0.15, -0.1) is 0 Å². The van der Waals surface area contributed by atoms with Gasteiger partial charge in [0.1, 0.15) is 23.0 Å². The highest BCUT2D eigenvalue weighted by Gasteiger charge is 2.49. The van der Waals surface area contributed by atoms with Gasteiger partial charge >= 0.3 is 0 Å². The average Bonchev–Trinajstić information content (AvgIpc) is 0.763. The Kier molecular flexibility index (Phi) is 31.1. The third-order valence-corrected chi connectivity index (χ3v) is 32.0. The number of benzene rings is 8. The van der Waals surface area contributed by atoms with Crippen molar-refractivity contribution in [3.8, 4) is 23.0 Å². The SMILES string of the molecule is C=C1CCc2ccc(OCC3CCC(C)N(CC(C)C4(c5ccc(Cl)cc5)CCC4)C3)cc2N1.C=C1CCc2ccc(OCC3CCC(C)N(CC4(c5ccc(Cl)cc5)CCC4)C3)cc2N1.Cc1ccc(OCC2CCC(C)N(CC(O)C3(c4ccc(Cl)cc4)CCC3)C2)cc1.Cc1ccc(OCC2CCC(C)N(CC3(c4ccc(Cl)cc4)CCC3)C2)cc1. The second-order valence-corrected chi connectivity index (χ2v) is 41.4. The molecular weight excluding hydrogens is 1620 g/mol. The largest absolute Gasteiger partial charge is 0.493 e. The molecule has 18 rings (SSSR count). The van der Waals surface area contributed by atoms with Gasteiger partial charge in [-0.25, -0.2) is 0 Å². The molecule has 11 nitrogen and oxygen atoms in total. The molecule has 664 valence electrons. The predicted molar refractivity (Wildman–Crippen MR) is 518 cm³/mol. The van der Waals surface area contributed by atoms with Crippen LogP contribution in [-0.2, 0) is 34.5 Å². The predicted octanol–water partition coefficient (Wildman–Crippen LogP) is 26.1. The molecule has 3 N–H and O–H groups in total. The Balaban J connectivity index is 0.000000128. The van der Waals surface area contributed by atoms with Crippen molar-refractivity contribution in [2.24, 2.45) is 29.6 Å². The summed E-state index contributed by atoms with van der Waals surface area (Å²) in [4.78, 5) is 10.7. The highest BCUT2D eigenvalue weighted by Crippen LogP contribution is 2.52. The summed E-state index contributed by atoms with van der Waals surface area (Å²) < 4.78 is 24.8. The molecule has 8 aromatic rings. The first-order valence-corrected chi connectivity index (χ1v) is 48.9. The van der Waals surface area contributed by atoms with Gasteiger partial charge in [0.15, 0.2) is 0 Å². The lowest BCUT2D eigenvalue weighted by atomic mass is 9.58. The van der Waals surface area contributed by atoms with Crippen LogP contribution in [0.1, 0.15) is 220 Å². The maximum Gasteiger partial charge on any atom is 0.121 e. The third-order valence-electron chi connectivity index (χ3n) is 31.0. The normalized spacial score (nSPS) is 24.8. The lowest BCUT2D eigenvalue weighted by molar-refractivity contribution is -0.0214. The van der Waals surface area contributed by atoms with E-state index >= 15 is 0 Å². The van der Waals surface area contributed by atoms with Crippen LogP contribution in [-0.4, -0.2) is 134 Å². The third kappa shape index (κ3) is 23.0. The van der Waals surface area contributed by atoms with Gasteiger partial charge in [0, 0.05) is 171 Å². The second-order valence-electron chi connectivity index (χ2n) is 39.6. The number of hydrogen-bond donors (Lipinski definition) is 3. The van der Waals surface area contributed by atoms with E-state index in [1.807, 2.05) is 12.1 Å². The lowest BCUT2D eigenvalue weighted by Crippen LogP contribution is -2.54. The summed E-state index contributed by atoms with van der Waals surface area (Å²) in [5.41, 5.74) is 16.2. The van der Waals surface area contributed by atoms with Crippen LogP contribution in [0, 0.1) is 43.4 Å². The molecule has 0 radical (unpaired) electrons. The molecular formula is C109H140Cl4N6O5. The molecule has 4 saturated carbocycles. The number of halogens is 4. The summed E-state index contributed by atoms with van der Waals surface area (Å²) >= 11 is 24.6. The van der Waals surface area contributed by atoms with Crippen molar-refractivity contribution < 1.29 is 24.1 Å². The van der Waals surface area contributed by atoms with Crippen LogP contribution in [0.5, 0.6) is 23.0 Å². The fraction of sp³-hybridized carbons (Fsp3) is 0.523. The maximum atomic E-state index is 11.3. The van der Waals surface area contributed by atoms with Gasteiger partial charge < -0.3 is 34.7 Å². The van der Waals surface area contributed by atoms with Crippen molar-refractivity contribution >= 4 is 57.8 Å². The standard InChI is InChI=1S/C30H39ClN2O.C28H35ClN2O.C26H34ClNO2.C25H32ClNO/c1-21(30(15-4-16-30)26-10-12-27(31)13-11-26)18-33-19-24(7-6-23(33)3)20-34-28-14-9-25-8-5-22(2)32-29(25)17-28;1-20-4-7-23-8-13-26(16-27(23)30-20)32-18-22-6-5-21(2)31(17-22)19-28(14-3-15-28)24-9-11-25(29)12-10-24;1-19-4-12-24(13-5-19)30-18-21-7-6-20(2)28(16-21)17-25(29)26(14-3-15-26)22-8-10-23(27)11-9-22;1-19-4-12-24(13-5-19)28-17-21-7-6-20(2)27(16-21)18-25(14-3-15-25)22-8-10-23(26)11-9-22/h9-14,17,21,23-24,32H,2,4-8,15-16,18-20H2,1,3H3;8-13,16,21-22,30H,1,3-7,14-15,17-19H2,2H3;4-5,8-13,20-21,25,29H,3,6-7,14-18H2,1-2H3;4-5,8-13,20-21H,3,6-7,14-18H2,1-2H3. The van der Waals surface area contributed by atoms with Gasteiger partial charge in [0.25, 0.3) is 0 Å². The van der Waals surface area contributed by atoms with E-state index in [2.05, 4.69) is 262 Å². The molecule has 4 saturated heterocycles. The van der Waals surface area contributed by atoms with Crippen molar-refractivity contribution in [2.45, 2.75) is 254 Å². The Morgan fingerprint density at radius 1 is 0.371 bits per heavy atom. The monoisotopic (exact) mass is 1750 g/mol. The highest BCUT2D eigenvalue weighted by atomic mass is 35.5. The Labute approximate surface area is 763 Å². The first-order valence-electron chi connectivity index (χ1n) is 47.4. The number of piperidine rings is 4. The van der Waals surface area contributed by atoms with E-state index in [-0.39, 0.29) is 11.5 Å². The number of aliphatic hydroxyl groups excluding tert-OH is 1. The number of nitrogens with one attached hydrogen (secondary N) is 2. The number of aryl methyl sites for hydroxylation is 4. The molecule has 10 atom stereocenters. The molecule has 0 bridgehead atoms. The van der Waals surface area contributed by atoms with E-state index < -0.39 is 0 Å². The fourth-order valence-corrected chi connectivity index (χ4v) is 22.4. The van der Waals surface area contributed by atoms with E-state index in [1.54, 1.807) is 0 Å². The Hall–Kier alpha value is -7.00. The molecule has 8 fully saturated rings. The van der Waals surface area contributed by atoms with Crippen LogP contribution in [0.25, 0.3) is 0 Å². The van der Waals surface area contributed by atoms with Crippen LogP contribution in [0.3, 0.4) is 0 Å². The minimum Gasteiger partial charge on any atom is -0.493 e. The molecule has 10 aliphatic rings. The highest BCUT2D eigenvalue weighted by molar-refractivity contribution is 6.31. The van der Waals surface area contributed by atoms with E-state index in [1.165, 1.54) is 154 Å². The lowest BCUT2D eigenvalue weighted by Gasteiger charge is -2.50. The van der Waals surface area contributed by atoms with Gasteiger partial charge in [-0.1, -0.05) is 188 Å². The Bertz CT molecular complexity index is 4760. The molecule has 10 unspecified atom stereocenters. The molecule has 124 heavy (non-hydrogen) atoms. The van der Waals surface area contributed by atoms with Crippen molar-refractivity contribution in [1.29, 1.82) is 0 Å². The first-order chi connectivity index (χ1) is 59.9. The summed E-state index contributed by atoms with van der Waals surface area (Å²) in [6, 6.07) is 66.0. The molecule has 0 amide bonds. The zero-order valence-corrected chi connectivity index (χ0v) is 78.4. The van der Waals surface area contributed by atoms with Crippen LogP contribution >= 0.6 is 46.4 Å². The van der Waals surface area contributed by atoms with Gasteiger partial charge in [-0.3, -0.25) is 19.6 Å².